The molecule has 0 radical (unpaired) electrons. The number of benzene rings is 1. The first-order chi connectivity index (χ1) is 9.25. The third kappa shape index (κ3) is 2.51. The van der Waals surface area contributed by atoms with E-state index < -0.39 is 0 Å². The largest absolute Gasteiger partial charge is 0.369 e. The Balaban J connectivity index is 1.83. The molecule has 2 aliphatic rings. The van der Waals surface area contributed by atoms with Gasteiger partial charge >= 0.3 is 0 Å². The van der Waals surface area contributed by atoms with E-state index in [-0.39, 0.29) is 11.8 Å². The molecule has 1 aromatic carbocycles. The number of primary amides is 1. The first-order valence-corrected chi connectivity index (χ1v) is 7.07. The van der Waals surface area contributed by atoms with Crippen molar-refractivity contribution in [2.45, 2.75) is 25.4 Å². The summed E-state index contributed by atoms with van der Waals surface area (Å²) in [7, 11) is 0. The number of nitrogens with zero attached hydrogens (tertiary/aromatic N) is 1. The molecule has 0 spiro atoms. The molecule has 1 aromatic rings. The first-order valence-electron chi connectivity index (χ1n) is 7.07. The minimum Gasteiger partial charge on any atom is -0.369 e. The monoisotopic (exact) mass is 259 g/mol. The van der Waals surface area contributed by atoms with Crippen molar-refractivity contribution in [3.05, 3.63) is 35.4 Å². The van der Waals surface area contributed by atoms with Gasteiger partial charge in [-0.25, -0.2) is 0 Å². The van der Waals surface area contributed by atoms with Crippen LogP contribution < -0.4 is 11.1 Å². The summed E-state index contributed by atoms with van der Waals surface area (Å²) in [4.78, 5) is 13.8. The summed E-state index contributed by atoms with van der Waals surface area (Å²) < 4.78 is 0. The van der Waals surface area contributed by atoms with Crippen molar-refractivity contribution in [3.63, 3.8) is 0 Å². The third-order valence-corrected chi connectivity index (χ3v) is 4.39. The summed E-state index contributed by atoms with van der Waals surface area (Å²) in [6.07, 6.45) is 2.00. The van der Waals surface area contributed by atoms with Gasteiger partial charge in [-0.15, -0.1) is 0 Å². The molecule has 1 fully saturated rings. The van der Waals surface area contributed by atoms with E-state index in [1.54, 1.807) is 0 Å². The number of carbonyl (C=O) groups is 1. The zero-order chi connectivity index (χ0) is 13.2. The van der Waals surface area contributed by atoms with E-state index in [4.69, 9.17) is 5.73 Å². The molecule has 1 saturated heterocycles. The summed E-state index contributed by atoms with van der Waals surface area (Å²) in [5, 5.41) is 3.47. The molecule has 4 nitrogen and oxygen atoms in total. The number of nitrogens with one attached hydrogen (secondary N) is 1. The summed E-state index contributed by atoms with van der Waals surface area (Å²) >= 11 is 0. The molecule has 2 aliphatic heterocycles. The van der Waals surface area contributed by atoms with Crippen molar-refractivity contribution in [3.8, 4) is 0 Å². The van der Waals surface area contributed by atoms with Gasteiger partial charge < -0.3 is 11.1 Å². The second-order valence-corrected chi connectivity index (χ2v) is 5.56. The maximum Gasteiger partial charge on any atom is 0.221 e. The lowest BCUT2D eigenvalue weighted by molar-refractivity contribution is -0.121. The van der Waals surface area contributed by atoms with Crippen LogP contribution in [0.2, 0.25) is 0 Å². The molecule has 2 atom stereocenters. The summed E-state index contributed by atoms with van der Waals surface area (Å²) in [5.74, 6) is -0.120. The van der Waals surface area contributed by atoms with Gasteiger partial charge in [-0.3, -0.25) is 9.69 Å². The number of hydrogen-bond donors (Lipinski definition) is 2. The number of nitrogens with two attached hydrogens (primary N) is 1. The Hall–Kier alpha value is -1.39. The second kappa shape index (κ2) is 5.31. The van der Waals surface area contributed by atoms with Crippen LogP contribution in [0.1, 0.15) is 30.0 Å². The number of rotatable bonds is 2. The highest BCUT2D eigenvalue weighted by Gasteiger charge is 2.32. The molecular weight excluding hydrogens is 238 g/mol. The Kier molecular flexibility index (Phi) is 3.53. The molecule has 3 rings (SSSR count). The van der Waals surface area contributed by atoms with E-state index >= 15 is 0 Å². The van der Waals surface area contributed by atoms with E-state index in [1.165, 1.54) is 11.1 Å². The molecule has 0 bridgehead atoms. The van der Waals surface area contributed by atoms with Crippen LogP contribution in [-0.4, -0.2) is 30.4 Å². The summed E-state index contributed by atoms with van der Waals surface area (Å²) in [5.41, 5.74) is 8.23. The zero-order valence-corrected chi connectivity index (χ0v) is 11.1. The number of carbonyl (C=O) groups excluding carboxylic acids is 1. The van der Waals surface area contributed by atoms with E-state index in [9.17, 15) is 4.79 Å². The van der Waals surface area contributed by atoms with Gasteiger partial charge in [0, 0.05) is 19.1 Å². The fraction of sp³-hybridized carbons (Fsp3) is 0.533. The van der Waals surface area contributed by atoms with Crippen molar-refractivity contribution in [2.24, 2.45) is 11.7 Å². The first kappa shape index (κ1) is 12.6. The Morgan fingerprint density at radius 2 is 2.16 bits per heavy atom. The van der Waals surface area contributed by atoms with Gasteiger partial charge in [0.25, 0.3) is 0 Å². The molecule has 3 N–H and O–H groups in total. The lowest BCUT2D eigenvalue weighted by Gasteiger charge is -2.28. The normalized spacial score (nSPS) is 27.8. The topological polar surface area (TPSA) is 58.4 Å². The SMILES string of the molecule is NC(=O)C1CCN(C2CCNCc3ccccc32)C1. The number of amides is 1. The Morgan fingerprint density at radius 3 is 2.95 bits per heavy atom. The highest BCUT2D eigenvalue weighted by molar-refractivity contribution is 5.77. The van der Waals surface area contributed by atoms with Crippen LogP contribution in [0.5, 0.6) is 0 Å². The zero-order valence-electron chi connectivity index (χ0n) is 11.1. The fourth-order valence-corrected chi connectivity index (χ4v) is 3.32. The van der Waals surface area contributed by atoms with Crippen LogP contribution in [0.15, 0.2) is 24.3 Å². The molecular formula is C15H21N3O. The van der Waals surface area contributed by atoms with Gasteiger partial charge in [0.05, 0.1) is 5.92 Å². The average Bonchev–Trinajstić information content (AvgIpc) is 2.80. The number of likely N-dealkylation sites (tertiary alicyclic amines) is 1. The molecule has 0 aromatic heterocycles. The Bertz CT molecular complexity index is 474. The lowest BCUT2D eigenvalue weighted by Crippen LogP contribution is -2.31. The second-order valence-electron chi connectivity index (χ2n) is 5.56. The van der Waals surface area contributed by atoms with Crippen LogP contribution in [0, 0.1) is 5.92 Å². The van der Waals surface area contributed by atoms with E-state index in [0.29, 0.717) is 6.04 Å². The van der Waals surface area contributed by atoms with Crippen LogP contribution in [0.25, 0.3) is 0 Å². The minimum atomic E-state index is -0.150. The molecule has 2 heterocycles. The van der Waals surface area contributed by atoms with E-state index in [1.807, 2.05) is 0 Å². The van der Waals surface area contributed by atoms with Crippen LogP contribution in [0.3, 0.4) is 0 Å². The predicted molar refractivity (Wildman–Crippen MR) is 74.4 cm³/mol. The lowest BCUT2D eigenvalue weighted by atomic mass is 9.98. The van der Waals surface area contributed by atoms with Gasteiger partial charge in [0.15, 0.2) is 0 Å². The molecule has 1 amide bonds. The van der Waals surface area contributed by atoms with Crippen molar-refractivity contribution < 1.29 is 4.79 Å². The predicted octanol–water partition coefficient (Wildman–Crippen LogP) is 1.03. The van der Waals surface area contributed by atoms with Crippen molar-refractivity contribution in [1.29, 1.82) is 0 Å². The van der Waals surface area contributed by atoms with Gasteiger partial charge in [-0.1, -0.05) is 24.3 Å². The van der Waals surface area contributed by atoms with Crippen molar-refractivity contribution in [1.82, 2.24) is 10.2 Å². The third-order valence-electron chi connectivity index (χ3n) is 4.39. The van der Waals surface area contributed by atoms with Crippen LogP contribution >= 0.6 is 0 Å². The Morgan fingerprint density at radius 1 is 1.32 bits per heavy atom. The summed E-state index contributed by atoms with van der Waals surface area (Å²) in [6.45, 7) is 3.76. The molecule has 0 aliphatic carbocycles. The van der Waals surface area contributed by atoms with Gasteiger partial charge in [0.1, 0.15) is 0 Å². The molecule has 19 heavy (non-hydrogen) atoms. The highest BCUT2D eigenvalue weighted by Crippen LogP contribution is 2.33. The summed E-state index contributed by atoms with van der Waals surface area (Å²) in [6, 6.07) is 9.06. The maximum absolute atomic E-state index is 11.3. The van der Waals surface area contributed by atoms with Crippen molar-refractivity contribution in [2.75, 3.05) is 19.6 Å². The van der Waals surface area contributed by atoms with Gasteiger partial charge in [0.2, 0.25) is 5.91 Å². The van der Waals surface area contributed by atoms with Gasteiger partial charge in [-0.2, -0.15) is 0 Å². The van der Waals surface area contributed by atoms with E-state index in [2.05, 4.69) is 34.5 Å². The molecule has 0 saturated carbocycles. The number of hydrogen-bond acceptors (Lipinski definition) is 3. The smallest absolute Gasteiger partial charge is 0.221 e. The van der Waals surface area contributed by atoms with Crippen LogP contribution in [0.4, 0.5) is 0 Å². The molecule has 102 valence electrons. The van der Waals surface area contributed by atoms with Gasteiger partial charge in [-0.05, 0) is 37.1 Å². The quantitative estimate of drug-likeness (QED) is 0.834. The van der Waals surface area contributed by atoms with Crippen LogP contribution in [-0.2, 0) is 11.3 Å². The Labute approximate surface area is 114 Å². The fourth-order valence-electron chi connectivity index (χ4n) is 3.32. The highest BCUT2D eigenvalue weighted by atomic mass is 16.1. The average molecular weight is 259 g/mol. The van der Waals surface area contributed by atoms with E-state index in [0.717, 1.165) is 39.0 Å². The number of fused-ring (bicyclic) bond motifs is 1. The molecule has 2 unspecified atom stereocenters. The standard InChI is InChI=1S/C15H21N3O/c16-15(19)12-6-8-18(10-12)14-5-7-17-9-11-3-1-2-4-13(11)14/h1-4,12,14,17H,5-10H2,(H2,16,19). The maximum atomic E-state index is 11.3. The van der Waals surface area contributed by atoms with Crippen molar-refractivity contribution >= 4 is 5.91 Å². The minimum absolute atomic E-state index is 0.0309. The molecule has 4 heteroatoms.